The first kappa shape index (κ1) is 26.0. The second-order valence-corrected chi connectivity index (χ2v) is 10.9. The van der Waals surface area contributed by atoms with E-state index < -0.39 is 15.9 Å². The summed E-state index contributed by atoms with van der Waals surface area (Å²) in [5, 5.41) is 4.01. The van der Waals surface area contributed by atoms with Crippen molar-refractivity contribution in [1.82, 2.24) is 14.9 Å². The Morgan fingerprint density at radius 1 is 0.941 bits per heavy atom. The van der Waals surface area contributed by atoms with Crippen LogP contribution in [0.15, 0.2) is 59.1 Å². The third-order valence-electron chi connectivity index (χ3n) is 5.23. The molecule has 0 saturated heterocycles. The van der Waals surface area contributed by atoms with Gasteiger partial charge in [0.25, 0.3) is 5.91 Å². The van der Waals surface area contributed by atoms with Crippen molar-refractivity contribution in [2.75, 3.05) is 5.75 Å². The van der Waals surface area contributed by atoms with Crippen LogP contribution in [0.2, 0.25) is 0 Å². The summed E-state index contributed by atoms with van der Waals surface area (Å²) in [6.07, 6.45) is 5.90. The Kier molecular flexibility index (Phi) is 10.2. The van der Waals surface area contributed by atoms with E-state index in [9.17, 15) is 13.2 Å². The molecular formula is C25H31N3O4S2. The van der Waals surface area contributed by atoms with Gasteiger partial charge in [0, 0.05) is 16.9 Å². The second kappa shape index (κ2) is 13.3. The van der Waals surface area contributed by atoms with Crippen LogP contribution < -0.4 is 4.72 Å². The Bertz CT molecular complexity index is 1130. The van der Waals surface area contributed by atoms with Crippen LogP contribution in [-0.2, 0) is 21.5 Å². The molecule has 0 unspecified atom stereocenters. The molecule has 0 spiro atoms. The van der Waals surface area contributed by atoms with Gasteiger partial charge in [-0.1, -0.05) is 86.6 Å². The van der Waals surface area contributed by atoms with Crippen molar-refractivity contribution in [3.05, 3.63) is 71.6 Å². The Balaban J connectivity index is 1.41. The van der Waals surface area contributed by atoms with E-state index in [0.717, 1.165) is 36.8 Å². The largest absolute Gasteiger partial charge is 0.338 e. The molecule has 182 valence electrons. The van der Waals surface area contributed by atoms with E-state index in [4.69, 9.17) is 4.52 Å². The number of hydrogen-bond acceptors (Lipinski definition) is 7. The fourth-order valence-electron chi connectivity index (χ4n) is 3.35. The minimum atomic E-state index is -3.62. The van der Waals surface area contributed by atoms with Crippen LogP contribution in [0.5, 0.6) is 0 Å². The number of amides is 1. The molecule has 0 saturated carbocycles. The Morgan fingerprint density at radius 3 is 2.38 bits per heavy atom. The highest BCUT2D eigenvalue weighted by Crippen LogP contribution is 2.20. The lowest BCUT2D eigenvalue weighted by Gasteiger charge is -2.08. The minimum Gasteiger partial charge on any atom is -0.338 e. The van der Waals surface area contributed by atoms with Crippen molar-refractivity contribution >= 4 is 27.7 Å². The van der Waals surface area contributed by atoms with E-state index in [-0.39, 0.29) is 5.75 Å². The molecule has 0 aliphatic carbocycles. The van der Waals surface area contributed by atoms with E-state index >= 15 is 0 Å². The predicted octanol–water partition coefficient (Wildman–Crippen LogP) is 5.59. The first-order valence-electron chi connectivity index (χ1n) is 11.6. The number of nitrogens with zero attached hydrogens (tertiary/aromatic N) is 2. The van der Waals surface area contributed by atoms with E-state index in [1.54, 1.807) is 23.9 Å². The number of thioether (sulfide) groups is 1. The molecule has 3 rings (SSSR count). The first-order chi connectivity index (χ1) is 16.5. The van der Waals surface area contributed by atoms with Gasteiger partial charge >= 0.3 is 0 Å². The van der Waals surface area contributed by atoms with Crippen LogP contribution in [0, 0.1) is 0 Å². The first-order valence-corrected chi connectivity index (χ1v) is 14.4. The summed E-state index contributed by atoms with van der Waals surface area (Å²) in [5.74, 6) is 1.76. The summed E-state index contributed by atoms with van der Waals surface area (Å²) in [7, 11) is -3.62. The lowest BCUT2D eigenvalue weighted by Crippen LogP contribution is -2.32. The quantitative estimate of drug-likeness (QED) is 0.287. The maximum atomic E-state index is 12.3. The molecule has 2 aromatic carbocycles. The van der Waals surface area contributed by atoms with E-state index in [2.05, 4.69) is 21.8 Å². The number of nitrogens with one attached hydrogen (secondary N) is 1. The normalized spacial score (nSPS) is 11.4. The highest BCUT2D eigenvalue weighted by atomic mass is 32.2. The number of carbonyl (C=O) groups is 1. The lowest BCUT2D eigenvalue weighted by molar-refractivity contribution is 0.0981. The number of carbonyl (C=O) groups excluding carboxylic acids is 1. The molecule has 7 nitrogen and oxygen atoms in total. The topological polar surface area (TPSA) is 102 Å². The number of benzene rings is 2. The van der Waals surface area contributed by atoms with Crippen molar-refractivity contribution in [3.63, 3.8) is 0 Å². The van der Waals surface area contributed by atoms with Gasteiger partial charge in [-0.3, -0.25) is 4.79 Å². The van der Waals surface area contributed by atoms with Gasteiger partial charge in [0.15, 0.2) is 0 Å². The van der Waals surface area contributed by atoms with Gasteiger partial charge in [-0.15, -0.1) is 11.8 Å². The van der Waals surface area contributed by atoms with Crippen molar-refractivity contribution in [2.45, 2.75) is 57.0 Å². The van der Waals surface area contributed by atoms with E-state index in [1.165, 1.54) is 6.42 Å². The molecular weight excluding hydrogens is 470 g/mol. The molecule has 0 aliphatic heterocycles. The zero-order valence-electron chi connectivity index (χ0n) is 19.4. The molecule has 0 aliphatic rings. The summed E-state index contributed by atoms with van der Waals surface area (Å²) in [6.45, 7) is 2.14. The van der Waals surface area contributed by atoms with Crippen LogP contribution >= 0.6 is 11.8 Å². The molecule has 3 aromatic rings. The van der Waals surface area contributed by atoms with Gasteiger partial charge in [-0.2, -0.15) is 4.98 Å². The third kappa shape index (κ3) is 8.61. The average molecular weight is 502 g/mol. The van der Waals surface area contributed by atoms with Crippen LogP contribution in [-0.4, -0.2) is 30.2 Å². The molecule has 0 fully saturated rings. The Hall–Kier alpha value is -2.65. The van der Waals surface area contributed by atoms with Gasteiger partial charge < -0.3 is 4.52 Å². The molecule has 9 heteroatoms. The SMILES string of the molecule is CCCCCCCCS(=O)(=O)NC(=O)c1ccc(CSCc2nc(-c3ccccc3)no2)cc1. The second-order valence-electron chi connectivity index (χ2n) is 8.09. The maximum Gasteiger partial charge on any atom is 0.264 e. The Morgan fingerprint density at radius 2 is 1.65 bits per heavy atom. The molecule has 1 heterocycles. The maximum absolute atomic E-state index is 12.3. The monoisotopic (exact) mass is 501 g/mol. The number of unbranched alkanes of at least 4 members (excludes halogenated alkanes) is 5. The van der Waals surface area contributed by atoms with Gasteiger partial charge in [0.05, 0.1) is 11.5 Å². The molecule has 34 heavy (non-hydrogen) atoms. The molecule has 1 N–H and O–H groups in total. The highest BCUT2D eigenvalue weighted by Gasteiger charge is 2.16. The number of rotatable bonds is 14. The van der Waals surface area contributed by atoms with Crippen molar-refractivity contribution in [2.24, 2.45) is 0 Å². The van der Waals surface area contributed by atoms with Crippen LogP contribution in [0.3, 0.4) is 0 Å². The number of hydrogen-bond donors (Lipinski definition) is 1. The molecule has 1 aromatic heterocycles. The lowest BCUT2D eigenvalue weighted by atomic mass is 10.1. The average Bonchev–Trinajstić information content (AvgIpc) is 3.31. The molecule has 0 atom stereocenters. The predicted molar refractivity (Wildman–Crippen MR) is 136 cm³/mol. The summed E-state index contributed by atoms with van der Waals surface area (Å²) >= 11 is 1.62. The van der Waals surface area contributed by atoms with Crippen molar-refractivity contribution in [3.8, 4) is 11.4 Å². The van der Waals surface area contributed by atoms with Gasteiger partial charge in [-0.25, -0.2) is 13.1 Å². The Labute approximate surface area is 205 Å². The van der Waals surface area contributed by atoms with Crippen molar-refractivity contribution in [1.29, 1.82) is 0 Å². The summed E-state index contributed by atoms with van der Waals surface area (Å²) in [4.78, 5) is 16.8. The standard InChI is InChI=1S/C25H31N3O4S2/c1-2-3-4-5-6-10-17-34(30,31)28-25(29)22-15-13-20(14-16-22)18-33-19-23-26-24(27-32-23)21-11-8-7-9-12-21/h7-9,11-16H,2-6,10,17-19H2,1H3,(H,28,29). The summed E-state index contributed by atoms with van der Waals surface area (Å²) in [6, 6.07) is 16.6. The third-order valence-corrected chi connectivity index (χ3v) is 7.54. The molecule has 0 radical (unpaired) electrons. The fourth-order valence-corrected chi connectivity index (χ4v) is 5.26. The van der Waals surface area contributed by atoms with Gasteiger partial charge in [0.2, 0.25) is 21.7 Å². The van der Waals surface area contributed by atoms with Crippen molar-refractivity contribution < 1.29 is 17.7 Å². The van der Waals surface area contributed by atoms with Crippen LogP contribution in [0.4, 0.5) is 0 Å². The minimum absolute atomic E-state index is 0.0265. The molecule has 0 bridgehead atoms. The summed E-state index contributed by atoms with van der Waals surface area (Å²) < 4.78 is 31.9. The zero-order chi connectivity index (χ0) is 24.2. The smallest absolute Gasteiger partial charge is 0.264 e. The zero-order valence-corrected chi connectivity index (χ0v) is 21.0. The number of sulfonamides is 1. The molecule has 1 amide bonds. The van der Waals surface area contributed by atoms with E-state index in [1.807, 2.05) is 42.5 Å². The fraction of sp³-hybridized carbons (Fsp3) is 0.400. The van der Waals surface area contributed by atoms with Crippen LogP contribution in [0.1, 0.15) is 67.3 Å². The van der Waals surface area contributed by atoms with E-state index in [0.29, 0.717) is 35.2 Å². The number of aromatic nitrogens is 2. The van der Waals surface area contributed by atoms with Crippen LogP contribution in [0.25, 0.3) is 11.4 Å². The summed E-state index contributed by atoms with van der Waals surface area (Å²) in [5.41, 5.74) is 2.24. The van der Waals surface area contributed by atoms with Gasteiger partial charge in [0.1, 0.15) is 0 Å². The highest BCUT2D eigenvalue weighted by molar-refractivity contribution is 7.97. The van der Waals surface area contributed by atoms with Gasteiger partial charge in [-0.05, 0) is 24.1 Å².